The summed E-state index contributed by atoms with van der Waals surface area (Å²) in [6.45, 7) is 1.57. The van der Waals surface area contributed by atoms with E-state index in [2.05, 4.69) is 29.4 Å². The molecule has 3 aromatic rings. The number of hydrazone groups is 1. The lowest BCUT2D eigenvalue weighted by Crippen LogP contribution is -2.38. The van der Waals surface area contributed by atoms with Gasteiger partial charge in [0, 0.05) is 18.7 Å². The van der Waals surface area contributed by atoms with Crippen molar-refractivity contribution in [3.8, 4) is 0 Å². The molecule has 5 rings (SSSR count). The first-order chi connectivity index (χ1) is 16.2. The minimum atomic E-state index is -0.0617. The fourth-order valence-electron chi connectivity index (χ4n) is 4.64. The molecule has 2 heterocycles. The van der Waals surface area contributed by atoms with Crippen molar-refractivity contribution < 1.29 is 9.59 Å². The number of likely N-dealkylation sites (tertiary alicyclic amines) is 1. The zero-order valence-corrected chi connectivity index (χ0v) is 18.6. The van der Waals surface area contributed by atoms with E-state index in [0.717, 1.165) is 43.6 Å². The topological polar surface area (TPSA) is 53.0 Å². The van der Waals surface area contributed by atoms with Crippen molar-refractivity contribution in [1.29, 1.82) is 0 Å². The lowest BCUT2D eigenvalue weighted by atomic mass is 9.90. The largest absolute Gasteiger partial charge is 0.339 e. The number of amides is 2. The van der Waals surface area contributed by atoms with Crippen molar-refractivity contribution in [1.82, 2.24) is 4.90 Å². The van der Waals surface area contributed by atoms with Gasteiger partial charge in [-0.25, -0.2) is 5.01 Å². The number of anilines is 1. The normalized spacial score (nSPS) is 16.7. The Morgan fingerprint density at radius 3 is 2.15 bits per heavy atom. The summed E-state index contributed by atoms with van der Waals surface area (Å²) in [6.07, 6.45) is 3.41. The predicted molar refractivity (Wildman–Crippen MR) is 130 cm³/mol. The van der Waals surface area contributed by atoms with Gasteiger partial charge in [-0.05, 0) is 60.6 Å². The monoisotopic (exact) mass is 437 g/mol. The van der Waals surface area contributed by atoms with E-state index in [0.29, 0.717) is 17.2 Å². The Kier molecular flexibility index (Phi) is 6.03. The minimum absolute atomic E-state index is 0.0564. The van der Waals surface area contributed by atoms with Crippen molar-refractivity contribution in [3.05, 3.63) is 102 Å². The first kappa shape index (κ1) is 21.1. The van der Waals surface area contributed by atoms with Crippen molar-refractivity contribution >= 4 is 23.2 Å². The third-order valence-electron chi connectivity index (χ3n) is 6.51. The Morgan fingerprint density at radius 1 is 0.848 bits per heavy atom. The van der Waals surface area contributed by atoms with Crippen molar-refractivity contribution in [2.45, 2.75) is 25.7 Å². The fourth-order valence-corrected chi connectivity index (χ4v) is 4.64. The molecule has 0 radical (unpaired) electrons. The van der Waals surface area contributed by atoms with Crippen LogP contribution in [-0.4, -0.2) is 35.5 Å². The summed E-state index contributed by atoms with van der Waals surface area (Å²) in [5.41, 5.74) is 4.42. The molecule has 0 atom stereocenters. The number of rotatable bonds is 5. The smallest absolute Gasteiger partial charge is 0.253 e. The molecule has 166 valence electrons. The van der Waals surface area contributed by atoms with Crippen LogP contribution in [0.5, 0.6) is 0 Å². The molecule has 0 saturated carbocycles. The molecule has 2 amide bonds. The maximum absolute atomic E-state index is 13.0. The van der Waals surface area contributed by atoms with Gasteiger partial charge >= 0.3 is 0 Å². The van der Waals surface area contributed by atoms with Crippen LogP contribution in [0.25, 0.3) is 0 Å². The van der Waals surface area contributed by atoms with Crippen LogP contribution in [0.4, 0.5) is 5.69 Å². The Balaban J connectivity index is 1.21. The standard InChI is InChI=1S/C28H27N3O2/c32-27-20-26(23-9-5-2-6-10-23)29-31(27)25-13-11-24(12-14-25)28(33)30-17-15-22(16-18-30)19-21-7-3-1-4-8-21/h1-14,22H,15-20H2. The summed E-state index contributed by atoms with van der Waals surface area (Å²) < 4.78 is 0. The molecule has 2 aliphatic rings. The summed E-state index contributed by atoms with van der Waals surface area (Å²) in [5, 5.41) is 5.96. The number of hydrogen-bond acceptors (Lipinski definition) is 3. The molecule has 0 N–H and O–H groups in total. The highest BCUT2D eigenvalue weighted by atomic mass is 16.2. The predicted octanol–water partition coefficient (Wildman–Crippen LogP) is 4.92. The van der Waals surface area contributed by atoms with Crippen molar-refractivity contribution in [3.63, 3.8) is 0 Å². The molecule has 33 heavy (non-hydrogen) atoms. The Labute approximate surface area is 194 Å². The van der Waals surface area contributed by atoms with Crippen LogP contribution in [0.3, 0.4) is 0 Å². The summed E-state index contributed by atoms with van der Waals surface area (Å²) in [6, 6.07) is 27.5. The maximum atomic E-state index is 13.0. The molecule has 0 spiro atoms. The molecule has 1 saturated heterocycles. The van der Waals surface area contributed by atoms with Gasteiger partial charge in [0.15, 0.2) is 0 Å². The second kappa shape index (κ2) is 9.41. The van der Waals surface area contributed by atoms with Gasteiger partial charge in [0.2, 0.25) is 0 Å². The quantitative estimate of drug-likeness (QED) is 0.569. The Morgan fingerprint density at radius 2 is 1.48 bits per heavy atom. The minimum Gasteiger partial charge on any atom is -0.339 e. The molecule has 3 aromatic carbocycles. The molecule has 5 nitrogen and oxygen atoms in total. The van der Waals surface area contributed by atoms with Gasteiger partial charge in [-0.15, -0.1) is 0 Å². The van der Waals surface area contributed by atoms with Crippen LogP contribution in [0.15, 0.2) is 90.0 Å². The van der Waals surface area contributed by atoms with Gasteiger partial charge in [-0.2, -0.15) is 5.10 Å². The Hall–Kier alpha value is -3.73. The second-order valence-electron chi connectivity index (χ2n) is 8.77. The zero-order chi connectivity index (χ0) is 22.6. The van der Waals surface area contributed by atoms with Gasteiger partial charge in [-0.1, -0.05) is 60.7 Å². The molecule has 5 heteroatoms. The first-order valence-corrected chi connectivity index (χ1v) is 11.6. The van der Waals surface area contributed by atoms with E-state index in [1.54, 1.807) is 12.1 Å². The van der Waals surface area contributed by atoms with Crippen LogP contribution in [0.1, 0.15) is 40.7 Å². The highest BCUT2D eigenvalue weighted by molar-refractivity contribution is 6.19. The van der Waals surface area contributed by atoms with Crippen LogP contribution in [-0.2, 0) is 11.2 Å². The van der Waals surface area contributed by atoms with Crippen molar-refractivity contribution in [2.24, 2.45) is 11.0 Å². The van der Waals surface area contributed by atoms with Crippen LogP contribution < -0.4 is 5.01 Å². The van der Waals surface area contributed by atoms with E-state index in [1.807, 2.05) is 53.4 Å². The molecule has 2 aliphatic heterocycles. The summed E-state index contributed by atoms with van der Waals surface area (Å²) in [4.78, 5) is 27.5. The summed E-state index contributed by atoms with van der Waals surface area (Å²) in [7, 11) is 0. The lowest BCUT2D eigenvalue weighted by Gasteiger charge is -2.32. The highest BCUT2D eigenvalue weighted by Crippen LogP contribution is 2.26. The maximum Gasteiger partial charge on any atom is 0.253 e. The molecule has 0 bridgehead atoms. The molecular weight excluding hydrogens is 410 g/mol. The van der Waals surface area contributed by atoms with Crippen LogP contribution in [0, 0.1) is 5.92 Å². The lowest BCUT2D eigenvalue weighted by molar-refractivity contribution is -0.116. The SMILES string of the molecule is O=C(c1ccc(N2N=C(c3ccccc3)CC2=O)cc1)N1CCC(Cc2ccccc2)CC1. The van der Waals surface area contributed by atoms with E-state index < -0.39 is 0 Å². The van der Waals surface area contributed by atoms with E-state index in [-0.39, 0.29) is 18.2 Å². The van der Waals surface area contributed by atoms with Gasteiger partial charge in [0.05, 0.1) is 17.8 Å². The van der Waals surface area contributed by atoms with Crippen molar-refractivity contribution in [2.75, 3.05) is 18.1 Å². The Bertz CT molecular complexity index is 1150. The third kappa shape index (κ3) is 4.72. The fraction of sp³-hybridized carbons (Fsp3) is 0.250. The molecule has 1 fully saturated rings. The van der Waals surface area contributed by atoms with Gasteiger partial charge in [0.1, 0.15) is 0 Å². The van der Waals surface area contributed by atoms with Gasteiger partial charge in [-0.3, -0.25) is 9.59 Å². The number of carbonyl (C=O) groups is 2. The number of benzene rings is 3. The second-order valence-corrected chi connectivity index (χ2v) is 8.77. The average molecular weight is 438 g/mol. The van der Waals surface area contributed by atoms with Gasteiger partial charge in [0.25, 0.3) is 11.8 Å². The van der Waals surface area contributed by atoms with E-state index in [1.165, 1.54) is 10.6 Å². The first-order valence-electron chi connectivity index (χ1n) is 11.6. The number of nitrogens with zero attached hydrogens (tertiary/aromatic N) is 3. The average Bonchev–Trinajstić information content (AvgIpc) is 3.27. The molecule has 0 aromatic heterocycles. The van der Waals surface area contributed by atoms with Gasteiger partial charge < -0.3 is 4.90 Å². The van der Waals surface area contributed by atoms with Crippen LogP contribution in [0.2, 0.25) is 0 Å². The molecular formula is C28H27N3O2. The van der Waals surface area contributed by atoms with E-state index in [9.17, 15) is 9.59 Å². The third-order valence-corrected chi connectivity index (χ3v) is 6.51. The molecule has 0 aliphatic carbocycles. The molecule has 0 unspecified atom stereocenters. The number of piperidine rings is 1. The zero-order valence-electron chi connectivity index (χ0n) is 18.6. The highest BCUT2D eigenvalue weighted by Gasteiger charge is 2.27. The van der Waals surface area contributed by atoms with E-state index >= 15 is 0 Å². The summed E-state index contributed by atoms with van der Waals surface area (Å²) in [5.74, 6) is 0.617. The number of hydrogen-bond donors (Lipinski definition) is 0. The van der Waals surface area contributed by atoms with E-state index in [4.69, 9.17) is 0 Å². The number of carbonyl (C=O) groups excluding carboxylic acids is 2. The summed E-state index contributed by atoms with van der Waals surface area (Å²) >= 11 is 0. The van der Waals surface area contributed by atoms with Crippen LogP contribution >= 0.6 is 0 Å².